The maximum absolute atomic E-state index is 12.5. The van der Waals surface area contributed by atoms with E-state index in [1.807, 2.05) is 0 Å². The molecule has 0 aliphatic heterocycles. The molecule has 2 unspecified atom stereocenters. The lowest BCUT2D eigenvalue weighted by Gasteiger charge is -2.22. The zero-order valence-corrected chi connectivity index (χ0v) is 55.2. The molecular weight excluding hydrogens is 1010 g/mol. The molecule has 0 rings (SSSR count). The first-order valence-corrected chi connectivity index (χ1v) is 36.9. The topological polar surface area (TPSA) is 95.9 Å². The minimum atomic E-state index is -0.666. The summed E-state index contributed by atoms with van der Waals surface area (Å²) in [5.74, 6) is -0.0280. The SMILES string of the molecule is CCCCC/C=C\C/C=C\CCCCCCCCCC(=O)OCCCCCCCCCCC/C=C\C/C=C\CCCCCCCCCCCCCCCC(=O)NC(CO)C(O)CCCCCCCCCCCCCCCCCCCCC. The van der Waals surface area contributed by atoms with Gasteiger partial charge in [0.2, 0.25) is 5.91 Å². The van der Waals surface area contributed by atoms with E-state index in [1.165, 1.54) is 308 Å². The molecule has 482 valence electrons. The normalized spacial score (nSPS) is 12.8. The average Bonchev–Trinajstić information content (AvgIpc) is 3.48. The quantitative estimate of drug-likeness (QED) is 0.0320. The smallest absolute Gasteiger partial charge is 0.305 e. The Morgan fingerprint density at radius 2 is 0.610 bits per heavy atom. The van der Waals surface area contributed by atoms with Crippen LogP contribution in [-0.2, 0) is 14.3 Å². The van der Waals surface area contributed by atoms with Crippen LogP contribution in [0.15, 0.2) is 48.6 Å². The van der Waals surface area contributed by atoms with E-state index in [0.717, 1.165) is 57.8 Å². The standard InChI is InChI=1S/C76H143NO5/c1-3-5-7-9-11-13-15-17-19-21-33-37-40-44-48-52-56-60-64-68-74(79)73(72-78)77-75(80)69-65-61-57-53-49-45-41-38-34-31-29-27-25-23-22-24-26-28-30-32-35-39-43-47-51-55-59-63-67-71-82-76(81)70-66-62-58-54-50-46-42-36-20-18-16-14-12-10-8-6-4-2/h12,14,18,20,22,24,28,30,73-74,78-79H,3-11,13,15-17,19,21,23,25-27,29,31-72H2,1-2H3,(H,77,80)/b14-12-,20-18-,24-22-,30-28-. The van der Waals surface area contributed by atoms with E-state index in [2.05, 4.69) is 67.8 Å². The van der Waals surface area contributed by atoms with Gasteiger partial charge in [-0.3, -0.25) is 9.59 Å². The second-order valence-corrected chi connectivity index (χ2v) is 25.3. The van der Waals surface area contributed by atoms with Crippen LogP contribution in [0.2, 0.25) is 0 Å². The first-order valence-electron chi connectivity index (χ1n) is 36.9. The van der Waals surface area contributed by atoms with Crippen molar-refractivity contribution in [3.05, 3.63) is 48.6 Å². The van der Waals surface area contributed by atoms with E-state index in [1.54, 1.807) is 0 Å². The number of esters is 1. The van der Waals surface area contributed by atoms with E-state index in [0.29, 0.717) is 25.9 Å². The summed E-state index contributed by atoms with van der Waals surface area (Å²) < 4.78 is 5.49. The number of hydrogen-bond acceptors (Lipinski definition) is 5. The molecule has 0 aliphatic carbocycles. The van der Waals surface area contributed by atoms with Gasteiger partial charge in [-0.1, -0.05) is 345 Å². The van der Waals surface area contributed by atoms with Crippen molar-refractivity contribution in [3.63, 3.8) is 0 Å². The van der Waals surface area contributed by atoms with Gasteiger partial charge in [-0.25, -0.2) is 0 Å². The number of aliphatic hydroxyl groups excluding tert-OH is 2. The summed E-state index contributed by atoms with van der Waals surface area (Å²) in [6.45, 7) is 4.95. The van der Waals surface area contributed by atoms with Crippen LogP contribution in [0, 0.1) is 0 Å². The Labute approximate surface area is 512 Å². The molecule has 0 bridgehead atoms. The first-order chi connectivity index (χ1) is 40.5. The highest BCUT2D eigenvalue weighted by molar-refractivity contribution is 5.76. The van der Waals surface area contributed by atoms with Crippen LogP contribution in [-0.4, -0.2) is 47.4 Å². The van der Waals surface area contributed by atoms with E-state index in [-0.39, 0.29) is 18.5 Å². The highest BCUT2D eigenvalue weighted by Crippen LogP contribution is 2.19. The number of nitrogens with one attached hydrogen (secondary N) is 1. The molecule has 0 saturated heterocycles. The molecule has 6 nitrogen and oxygen atoms in total. The fourth-order valence-corrected chi connectivity index (χ4v) is 11.5. The Kier molecular flexibility index (Phi) is 69.4. The fraction of sp³-hybridized carbons (Fsp3) is 0.868. The van der Waals surface area contributed by atoms with Crippen LogP contribution in [0.25, 0.3) is 0 Å². The highest BCUT2D eigenvalue weighted by Gasteiger charge is 2.20. The molecule has 6 heteroatoms. The van der Waals surface area contributed by atoms with Crippen LogP contribution in [0.4, 0.5) is 0 Å². The molecule has 3 N–H and O–H groups in total. The highest BCUT2D eigenvalue weighted by atomic mass is 16.5. The first kappa shape index (κ1) is 79.8. The second kappa shape index (κ2) is 71.3. The number of allylic oxidation sites excluding steroid dienone is 8. The van der Waals surface area contributed by atoms with Crippen molar-refractivity contribution in [1.29, 1.82) is 0 Å². The van der Waals surface area contributed by atoms with Crippen molar-refractivity contribution < 1.29 is 24.5 Å². The second-order valence-electron chi connectivity index (χ2n) is 25.3. The Morgan fingerprint density at radius 3 is 0.951 bits per heavy atom. The third-order valence-corrected chi connectivity index (χ3v) is 17.1. The molecule has 0 heterocycles. The summed E-state index contributed by atoms with van der Waals surface area (Å²) in [5.41, 5.74) is 0. The molecule has 82 heavy (non-hydrogen) atoms. The number of ether oxygens (including phenoxy) is 1. The lowest BCUT2D eigenvalue weighted by Crippen LogP contribution is -2.45. The lowest BCUT2D eigenvalue weighted by atomic mass is 10.0. The van der Waals surface area contributed by atoms with Crippen molar-refractivity contribution in [3.8, 4) is 0 Å². The molecule has 0 aromatic heterocycles. The number of hydrogen-bond donors (Lipinski definition) is 3. The Bertz CT molecular complexity index is 1370. The predicted molar refractivity (Wildman–Crippen MR) is 361 cm³/mol. The van der Waals surface area contributed by atoms with E-state index in [4.69, 9.17) is 4.74 Å². The molecular formula is C76H143NO5. The molecule has 2 atom stereocenters. The van der Waals surface area contributed by atoms with Crippen molar-refractivity contribution in [2.75, 3.05) is 13.2 Å². The number of carbonyl (C=O) groups excluding carboxylic acids is 2. The van der Waals surface area contributed by atoms with Gasteiger partial charge in [-0.15, -0.1) is 0 Å². The van der Waals surface area contributed by atoms with Gasteiger partial charge in [-0.2, -0.15) is 0 Å². The van der Waals surface area contributed by atoms with Gasteiger partial charge >= 0.3 is 5.97 Å². The molecule has 0 aromatic carbocycles. The zero-order valence-electron chi connectivity index (χ0n) is 55.2. The van der Waals surface area contributed by atoms with Crippen molar-refractivity contribution in [2.45, 2.75) is 411 Å². The largest absolute Gasteiger partial charge is 0.466 e. The van der Waals surface area contributed by atoms with E-state index in [9.17, 15) is 19.8 Å². The minimum absolute atomic E-state index is 0.00457. The summed E-state index contributed by atoms with van der Waals surface area (Å²) in [6, 6.07) is -0.544. The third kappa shape index (κ3) is 67.0. The molecule has 0 radical (unpaired) electrons. The van der Waals surface area contributed by atoms with Gasteiger partial charge in [-0.05, 0) is 89.9 Å². The van der Waals surface area contributed by atoms with E-state index < -0.39 is 12.1 Å². The summed E-state index contributed by atoms with van der Waals surface area (Å²) in [4.78, 5) is 24.6. The zero-order chi connectivity index (χ0) is 59.2. The van der Waals surface area contributed by atoms with Gasteiger partial charge in [0.15, 0.2) is 0 Å². The monoisotopic (exact) mass is 1150 g/mol. The van der Waals surface area contributed by atoms with Gasteiger partial charge in [0.05, 0.1) is 25.4 Å². The molecule has 0 aliphatic rings. The number of unbranched alkanes of at least 4 members (excludes halogenated alkanes) is 50. The summed E-state index contributed by atoms with van der Waals surface area (Å²) in [6.07, 6.45) is 93.1. The van der Waals surface area contributed by atoms with E-state index >= 15 is 0 Å². The van der Waals surface area contributed by atoms with Gasteiger partial charge in [0, 0.05) is 12.8 Å². The average molecular weight is 1150 g/mol. The minimum Gasteiger partial charge on any atom is -0.466 e. The number of amides is 1. The van der Waals surface area contributed by atoms with Crippen molar-refractivity contribution in [2.24, 2.45) is 0 Å². The van der Waals surface area contributed by atoms with Crippen LogP contribution in [0.3, 0.4) is 0 Å². The fourth-order valence-electron chi connectivity index (χ4n) is 11.5. The predicted octanol–water partition coefficient (Wildman–Crippen LogP) is 24.0. The van der Waals surface area contributed by atoms with Crippen LogP contribution >= 0.6 is 0 Å². The molecule has 0 spiro atoms. The van der Waals surface area contributed by atoms with Crippen LogP contribution < -0.4 is 5.32 Å². The van der Waals surface area contributed by atoms with Crippen LogP contribution in [0.5, 0.6) is 0 Å². The number of carbonyl (C=O) groups is 2. The van der Waals surface area contributed by atoms with Crippen LogP contribution in [0.1, 0.15) is 399 Å². The molecule has 1 amide bonds. The summed E-state index contributed by atoms with van der Waals surface area (Å²) in [5, 5.41) is 23.4. The third-order valence-electron chi connectivity index (χ3n) is 17.1. The Morgan fingerprint density at radius 1 is 0.341 bits per heavy atom. The van der Waals surface area contributed by atoms with Crippen molar-refractivity contribution >= 4 is 11.9 Å². The Hall–Kier alpha value is -2.18. The maximum Gasteiger partial charge on any atom is 0.305 e. The summed E-state index contributed by atoms with van der Waals surface area (Å²) >= 11 is 0. The Balaban J connectivity index is 3.40. The molecule has 0 fully saturated rings. The molecule has 0 aromatic rings. The van der Waals surface area contributed by atoms with Gasteiger partial charge in [0.25, 0.3) is 0 Å². The van der Waals surface area contributed by atoms with Crippen molar-refractivity contribution in [1.82, 2.24) is 5.32 Å². The number of rotatable bonds is 69. The van der Waals surface area contributed by atoms with Gasteiger partial charge in [0.1, 0.15) is 0 Å². The lowest BCUT2D eigenvalue weighted by molar-refractivity contribution is -0.143. The molecule has 0 saturated carbocycles. The van der Waals surface area contributed by atoms with Gasteiger partial charge < -0.3 is 20.3 Å². The summed E-state index contributed by atoms with van der Waals surface area (Å²) in [7, 11) is 0. The maximum atomic E-state index is 12.5. The number of aliphatic hydroxyl groups is 2.